The highest BCUT2D eigenvalue weighted by Gasteiger charge is 2.01. The van der Waals surface area contributed by atoms with Crippen LogP contribution in [-0.4, -0.2) is 23.7 Å². The van der Waals surface area contributed by atoms with Crippen LogP contribution in [0, 0.1) is 13.8 Å². The Morgan fingerprint density at radius 1 is 1.33 bits per heavy atom. The third-order valence-electron chi connectivity index (χ3n) is 2.27. The first-order chi connectivity index (χ1) is 7.15. The van der Waals surface area contributed by atoms with E-state index in [1.165, 1.54) is 0 Å². The van der Waals surface area contributed by atoms with Crippen molar-refractivity contribution in [1.29, 1.82) is 0 Å². The van der Waals surface area contributed by atoms with Crippen molar-refractivity contribution in [2.24, 2.45) is 0 Å². The highest BCUT2D eigenvalue weighted by molar-refractivity contribution is 5.76. The maximum atomic E-state index is 11.2. The molecule has 0 saturated heterocycles. The molecule has 2 N–H and O–H groups in total. The molecule has 1 rings (SSSR count). The molecule has 4 nitrogen and oxygen atoms in total. The lowest BCUT2D eigenvalue weighted by molar-refractivity contribution is -0.120. The summed E-state index contributed by atoms with van der Waals surface area (Å²) in [6.45, 7) is 7.34. The average molecular weight is 209 g/mol. The van der Waals surface area contributed by atoms with Crippen LogP contribution >= 0.6 is 0 Å². The molecule has 84 valence electrons. The van der Waals surface area contributed by atoms with Crippen molar-refractivity contribution in [1.82, 2.24) is 9.99 Å². The Morgan fingerprint density at radius 3 is 2.47 bits per heavy atom. The molecule has 1 aromatic rings. The first-order valence-corrected chi connectivity index (χ1v) is 5.30. The van der Waals surface area contributed by atoms with E-state index in [1.807, 2.05) is 25.4 Å². The van der Waals surface area contributed by atoms with E-state index in [2.05, 4.69) is 22.9 Å². The standard InChI is InChI=1S/C11H19N3O/c1-4-12-11(15)7-8-13-14-9(2)5-6-10(14)3/h5-6,13H,4,7-8H2,1-3H3,(H,12,15). The van der Waals surface area contributed by atoms with Gasteiger partial charge in [0.05, 0.1) is 0 Å². The van der Waals surface area contributed by atoms with Crippen molar-refractivity contribution >= 4 is 5.91 Å². The summed E-state index contributed by atoms with van der Waals surface area (Å²) in [5.74, 6) is 0.0902. The Morgan fingerprint density at radius 2 is 1.93 bits per heavy atom. The SMILES string of the molecule is CCNC(=O)CCNn1c(C)ccc1C. The van der Waals surface area contributed by atoms with Crippen molar-refractivity contribution < 1.29 is 4.79 Å². The molecule has 0 spiro atoms. The molecule has 4 heteroatoms. The molecule has 1 heterocycles. The number of carbonyl (C=O) groups is 1. The number of carbonyl (C=O) groups excluding carboxylic acids is 1. The van der Waals surface area contributed by atoms with Crippen LogP contribution in [0.1, 0.15) is 24.7 Å². The summed E-state index contributed by atoms with van der Waals surface area (Å²) in [7, 11) is 0. The second-order valence-corrected chi connectivity index (χ2v) is 3.56. The normalized spacial score (nSPS) is 10.1. The van der Waals surface area contributed by atoms with Gasteiger partial charge in [-0.15, -0.1) is 0 Å². The highest BCUT2D eigenvalue weighted by Crippen LogP contribution is 2.03. The second kappa shape index (κ2) is 5.44. The Labute approximate surface area is 90.6 Å². The molecule has 0 aliphatic carbocycles. The van der Waals surface area contributed by atoms with Gasteiger partial charge in [-0.1, -0.05) is 0 Å². The number of rotatable bonds is 5. The molecule has 0 saturated carbocycles. The third kappa shape index (κ3) is 3.31. The molecule has 0 bridgehead atoms. The molecule has 0 radical (unpaired) electrons. The van der Waals surface area contributed by atoms with E-state index in [0.29, 0.717) is 19.5 Å². The van der Waals surface area contributed by atoms with Gasteiger partial charge in [0, 0.05) is 30.9 Å². The predicted molar refractivity (Wildman–Crippen MR) is 61.4 cm³/mol. The van der Waals surface area contributed by atoms with Gasteiger partial charge in [0.25, 0.3) is 0 Å². The molecule has 0 aromatic carbocycles. The van der Waals surface area contributed by atoms with Gasteiger partial charge < -0.3 is 10.7 Å². The van der Waals surface area contributed by atoms with Crippen LogP contribution < -0.4 is 10.7 Å². The zero-order chi connectivity index (χ0) is 11.3. The van der Waals surface area contributed by atoms with E-state index >= 15 is 0 Å². The monoisotopic (exact) mass is 209 g/mol. The van der Waals surface area contributed by atoms with Crippen molar-refractivity contribution in [3.05, 3.63) is 23.5 Å². The van der Waals surface area contributed by atoms with E-state index in [9.17, 15) is 4.79 Å². The van der Waals surface area contributed by atoms with Gasteiger partial charge in [-0.05, 0) is 32.9 Å². The molecule has 1 amide bonds. The van der Waals surface area contributed by atoms with Gasteiger partial charge in [0.15, 0.2) is 0 Å². The van der Waals surface area contributed by atoms with Gasteiger partial charge in [-0.2, -0.15) is 0 Å². The van der Waals surface area contributed by atoms with Crippen molar-refractivity contribution in [2.75, 3.05) is 18.5 Å². The fourth-order valence-electron chi connectivity index (χ4n) is 1.48. The molecule has 0 fully saturated rings. The van der Waals surface area contributed by atoms with Crippen LogP contribution in [0.3, 0.4) is 0 Å². The van der Waals surface area contributed by atoms with Gasteiger partial charge in [0.1, 0.15) is 0 Å². The van der Waals surface area contributed by atoms with Gasteiger partial charge >= 0.3 is 0 Å². The van der Waals surface area contributed by atoms with E-state index in [1.54, 1.807) is 0 Å². The van der Waals surface area contributed by atoms with Crippen LogP contribution in [-0.2, 0) is 4.79 Å². The largest absolute Gasteiger partial charge is 0.356 e. The van der Waals surface area contributed by atoms with E-state index in [0.717, 1.165) is 11.4 Å². The number of hydrogen-bond donors (Lipinski definition) is 2. The first-order valence-electron chi connectivity index (χ1n) is 5.30. The van der Waals surface area contributed by atoms with E-state index < -0.39 is 0 Å². The maximum absolute atomic E-state index is 11.2. The highest BCUT2D eigenvalue weighted by atomic mass is 16.1. The molecule has 1 aromatic heterocycles. The van der Waals surface area contributed by atoms with Crippen LogP contribution in [0.25, 0.3) is 0 Å². The zero-order valence-corrected chi connectivity index (χ0v) is 9.63. The Kier molecular flexibility index (Phi) is 4.21. The van der Waals surface area contributed by atoms with Gasteiger partial charge in [-0.25, -0.2) is 0 Å². The number of nitrogens with zero attached hydrogens (tertiary/aromatic N) is 1. The summed E-state index contributed by atoms with van der Waals surface area (Å²) < 4.78 is 2.00. The predicted octanol–water partition coefficient (Wildman–Crippen LogP) is 1.17. The minimum atomic E-state index is 0.0902. The maximum Gasteiger partial charge on any atom is 0.221 e. The van der Waals surface area contributed by atoms with E-state index in [-0.39, 0.29) is 5.91 Å². The Balaban J connectivity index is 2.35. The average Bonchev–Trinajstić information content (AvgIpc) is 2.49. The summed E-state index contributed by atoms with van der Waals surface area (Å²) in [5, 5.41) is 2.77. The minimum absolute atomic E-state index is 0.0902. The fourth-order valence-corrected chi connectivity index (χ4v) is 1.48. The lowest BCUT2D eigenvalue weighted by atomic mass is 10.4. The topological polar surface area (TPSA) is 46.1 Å². The summed E-state index contributed by atoms with van der Waals surface area (Å²) in [4.78, 5) is 11.2. The van der Waals surface area contributed by atoms with Crippen molar-refractivity contribution in [2.45, 2.75) is 27.2 Å². The smallest absolute Gasteiger partial charge is 0.221 e. The summed E-state index contributed by atoms with van der Waals surface area (Å²) >= 11 is 0. The van der Waals surface area contributed by atoms with Crippen LogP contribution in [0.5, 0.6) is 0 Å². The number of nitrogens with one attached hydrogen (secondary N) is 2. The number of amides is 1. The van der Waals surface area contributed by atoms with Gasteiger partial charge in [-0.3, -0.25) is 9.47 Å². The Hall–Kier alpha value is -1.45. The van der Waals surface area contributed by atoms with Crippen LogP contribution in [0.2, 0.25) is 0 Å². The number of aromatic nitrogens is 1. The Bertz CT molecular complexity index is 311. The summed E-state index contributed by atoms with van der Waals surface area (Å²) in [5.41, 5.74) is 5.52. The lowest BCUT2D eigenvalue weighted by Crippen LogP contribution is -2.27. The fraction of sp³-hybridized carbons (Fsp3) is 0.545. The molecule has 0 unspecified atom stereocenters. The van der Waals surface area contributed by atoms with Crippen molar-refractivity contribution in [3.8, 4) is 0 Å². The zero-order valence-electron chi connectivity index (χ0n) is 9.63. The third-order valence-corrected chi connectivity index (χ3v) is 2.27. The lowest BCUT2D eigenvalue weighted by Gasteiger charge is -2.12. The molecule has 15 heavy (non-hydrogen) atoms. The van der Waals surface area contributed by atoms with Crippen LogP contribution in [0.4, 0.5) is 0 Å². The minimum Gasteiger partial charge on any atom is -0.356 e. The van der Waals surface area contributed by atoms with Crippen LogP contribution in [0.15, 0.2) is 12.1 Å². The summed E-state index contributed by atoms with van der Waals surface area (Å²) in [6.07, 6.45) is 0.505. The van der Waals surface area contributed by atoms with Crippen molar-refractivity contribution in [3.63, 3.8) is 0 Å². The quantitative estimate of drug-likeness (QED) is 0.764. The van der Waals surface area contributed by atoms with E-state index in [4.69, 9.17) is 0 Å². The second-order valence-electron chi connectivity index (χ2n) is 3.56. The summed E-state index contributed by atoms with van der Waals surface area (Å²) in [6, 6.07) is 4.10. The molecular weight excluding hydrogens is 190 g/mol. The molecule has 0 aliphatic heterocycles. The molecular formula is C11H19N3O. The molecule has 0 atom stereocenters. The van der Waals surface area contributed by atoms with Gasteiger partial charge in [0.2, 0.25) is 5.91 Å². The first kappa shape index (κ1) is 11.6. The number of hydrogen-bond acceptors (Lipinski definition) is 2. The number of aryl methyl sites for hydroxylation is 2. The molecule has 0 aliphatic rings.